The number of amides is 1. The Labute approximate surface area is 188 Å². The first-order valence-electron chi connectivity index (χ1n) is 11.2. The van der Waals surface area contributed by atoms with E-state index in [0.29, 0.717) is 38.0 Å². The van der Waals surface area contributed by atoms with Gasteiger partial charge in [0.1, 0.15) is 5.75 Å². The Morgan fingerprint density at radius 2 is 1.97 bits per heavy atom. The molecule has 1 atom stereocenters. The van der Waals surface area contributed by atoms with Crippen molar-refractivity contribution in [1.82, 2.24) is 20.4 Å². The summed E-state index contributed by atoms with van der Waals surface area (Å²) in [6.07, 6.45) is 1.87. The maximum Gasteiger partial charge on any atom is 0.241 e. The van der Waals surface area contributed by atoms with E-state index in [2.05, 4.69) is 20.4 Å². The molecule has 32 heavy (non-hydrogen) atoms. The van der Waals surface area contributed by atoms with Gasteiger partial charge in [0.2, 0.25) is 17.6 Å². The van der Waals surface area contributed by atoms with Gasteiger partial charge in [0.05, 0.1) is 19.1 Å². The van der Waals surface area contributed by atoms with Crippen LogP contribution in [0.4, 0.5) is 0 Å². The summed E-state index contributed by atoms with van der Waals surface area (Å²) in [5, 5.41) is 7.19. The van der Waals surface area contributed by atoms with Crippen LogP contribution in [0.2, 0.25) is 0 Å². The van der Waals surface area contributed by atoms with Crippen molar-refractivity contribution in [2.24, 2.45) is 5.92 Å². The Bertz CT molecular complexity index is 1010. The van der Waals surface area contributed by atoms with E-state index in [4.69, 9.17) is 9.26 Å². The molecule has 3 aromatic rings. The Morgan fingerprint density at radius 1 is 1.19 bits per heavy atom. The van der Waals surface area contributed by atoms with E-state index in [1.54, 1.807) is 0 Å². The molecular weight excluding hydrogens is 404 g/mol. The monoisotopic (exact) mass is 434 g/mol. The first-order valence-corrected chi connectivity index (χ1v) is 11.2. The third-order valence-electron chi connectivity index (χ3n) is 5.71. The van der Waals surface area contributed by atoms with Crippen molar-refractivity contribution in [3.63, 3.8) is 0 Å². The molecule has 1 fully saturated rings. The van der Waals surface area contributed by atoms with Crippen molar-refractivity contribution in [2.45, 2.75) is 39.8 Å². The van der Waals surface area contributed by atoms with Crippen molar-refractivity contribution in [2.75, 3.05) is 19.7 Å². The van der Waals surface area contributed by atoms with Crippen molar-refractivity contribution in [3.8, 4) is 17.1 Å². The fourth-order valence-corrected chi connectivity index (χ4v) is 3.95. The zero-order chi connectivity index (χ0) is 22.3. The average Bonchev–Trinajstić information content (AvgIpc) is 3.27. The SMILES string of the molecule is CCOc1ccc(CNC(=O)C2CCCN(Cc3nc(-c4ccc(C)cc4)no3)C2)cc1. The minimum atomic E-state index is -0.0362. The van der Waals surface area contributed by atoms with Crippen LogP contribution in [0.3, 0.4) is 0 Å². The van der Waals surface area contributed by atoms with Crippen molar-refractivity contribution < 1.29 is 14.1 Å². The van der Waals surface area contributed by atoms with Gasteiger partial charge in [0.25, 0.3) is 0 Å². The molecule has 2 heterocycles. The highest BCUT2D eigenvalue weighted by Gasteiger charge is 2.26. The summed E-state index contributed by atoms with van der Waals surface area (Å²) in [7, 11) is 0. The number of carbonyl (C=O) groups is 1. The molecular formula is C25H30N4O3. The number of carbonyl (C=O) groups excluding carboxylic acids is 1. The Kier molecular flexibility index (Phi) is 7.17. The standard InChI is InChI=1S/C25H30N4O3/c1-3-31-22-12-8-19(9-13-22)15-26-25(30)21-5-4-14-29(16-21)17-23-27-24(28-32-23)20-10-6-18(2)7-11-20/h6-13,21H,3-5,14-17H2,1-2H3,(H,26,30). The van der Waals surface area contributed by atoms with E-state index in [9.17, 15) is 4.79 Å². The number of ether oxygens (including phenoxy) is 1. The molecule has 1 aromatic heterocycles. The fraction of sp³-hybridized carbons (Fsp3) is 0.400. The van der Waals surface area contributed by atoms with Gasteiger partial charge < -0.3 is 14.6 Å². The number of hydrogen-bond acceptors (Lipinski definition) is 6. The largest absolute Gasteiger partial charge is 0.494 e. The zero-order valence-electron chi connectivity index (χ0n) is 18.7. The predicted octanol–water partition coefficient (Wildman–Crippen LogP) is 3.97. The number of benzene rings is 2. The summed E-state index contributed by atoms with van der Waals surface area (Å²) in [6.45, 7) is 7.34. The quantitative estimate of drug-likeness (QED) is 0.578. The summed E-state index contributed by atoms with van der Waals surface area (Å²) in [5.74, 6) is 2.08. The van der Waals surface area contributed by atoms with Gasteiger partial charge in [-0.25, -0.2) is 0 Å². The molecule has 4 rings (SSSR count). The van der Waals surface area contributed by atoms with Gasteiger partial charge in [-0.2, -0.15) is 4.98 Å². The van der Waals surface area contributed by atoms with Gasteiger partial charge in [-0.05, 0) is 50.9 Å². The zero-order valence-corrected chi connectivity index (χ0v) is 18.7. The highest BCUT2D eigenvalue weighted by molar-refractivity contribution is 5.79. The minimum absolute atomic E-state index is 0.0362. The van der Waals surface area contributed by atoms with E-state index in [-0.39, 0.29) is 11.8 Å². The Morgan fingerprint density at radius 3 is 2.72 bits per heavy atom. The van der Waals surface area contributed by atoms with Crippen LogP contribution in [0.1, 0.15) is 36.8 Å². The molecule has 0 radical (unpaired) electrons. The molecule has 2 aromatic carbocycles. The van der Waals surface area contributed by atoms with Crippen LogP contribution >= 0.6 is 0 Å². The summed E-state index contributed by atoms with van der Waals surface area (Å²) >= 11 is 0. The Hall–Kier alpha value is -3.19. The highest BCUT2D eigenvalue weighted by atomic mass is 16.5. The first-order chi connectivity index (χ1) is 15.6. The average molecular weight is 435 g/mol. The molecule has 0 saturated carbocycles. The van der Waals surface area contributed by atoms with Crippen LogP contribution in [0.25, 0.3) is 11.4 Å². The molecule has 1 aliphatic heterocycles. The summed E-state index contributed by atoms with van der Waals surface area (Å²) in [4.78, 5) is 19.5. The molecule has 1 amide bonds. The van der Waals surface area contributed by atoms with Crippen LogP contribution in [0, 0.1) is 12.8 Å². The van der Waals surface area contributed by atoms with Gasteiger partial charge in [-0.1, -0.05) is 47.1 Å². The first kappa shape index (κ1) is 22.0. The molecule has 7 heteroatoms. The molecule has 7 nitrogen and oxygen atoms in total. The van der Waals surface area contributed by atoms with Gasteiger partial charge in [-0.15, -0.1) is 0 Å². The molecule has 0 spiro atoms. The smallest absolute Gasteiger partial charge is 0.241 e. The van der Waals surface area contributed by atoms with Crippen LogP contribution < -0.4 is 10.1 Å². The van der Waals surface area contributed by atoms with E-state index < -0.39 is 0 Å². The molecule has 168 valence electrons. The lowest BCUT2D eigenvalue weighted by atomic mass is 9.97. The van der Waals surface area contributed by atoms with Crippen molar-refractivity contribution in [3.05, 3.63) is 65.5 Å². The molecule has 1 N–H and O–H groups in total. The number of likely N-dealkylation sites (tertiary alicyclic amines) is 1. The maximum atomic E-state index is 12.7. The number of piperidine rings is 1. The third kappa shape index (κ3) is 5.73. The minimum Gasteiger partial charge on any atom is -0.494 e. The van der Waals surface area contributed by atoms with Gasteiger partial charge in [0.15, 0.2) is 0 Å². The number of nitrogens with one attached hydrogen (secondary N) is 1. The molecule has 1 saturated heterocycles. The van der Waals surface area contributed by atoms with Gasteiger partial charge in [0, 0.05) is 18.7 Å². The van der Waals surface area contributed by atoms with E-state index in [1.165, 1.54) is 5.56 Å². The van der Waals surface area contributed by atoms with Crippen LogP contribution in [-0.2, 0) is 17.9 Å². The normalized spacial score (nSPS) is 16.6. The molecule has 1 aliphatic rings. The highest BCUT2D eigenvalue weighted by Crippen LogP contribution is 2.21. The van der Waals surface area contributed by atoms with E-state index in [0.717, 1.165) is 36.3 Å². The maximum absolute atomic E-state index is 12.7. The number of hydrogen-bond donors (Lipinski definition) is 1. The van der Waals surface area contributed by atoms with Crippen molar-refractivity contribution >= 4 is 5.91 Å². The Balaban J connectivity index is 1.28. The lowest BCUT2D eigenvalue weighted by Crippen LogP contribution is -2.42. The predicted molar refractivity (Wildman–Crippen MR) is 122 cm³/mol. The fourth-order valence-electron chi connectivity index (χ4n) is 3.95. The summed E-state index contributed by atoms with van der Waals surface area (Å²) in [5.41, 5.74) is 3.19. The number of nitrogens with zero attached hydrogens (tertiary/aromatic N) is 3. The molecule has 1 unspecified atom stereocenters. The number of aryl methyl sites for hydroxylation is 1. The van der Waals surface area contributed by atoms with Crippen LogP contribution in [-0.4, -0.2) is 40.6 Å². The summed E-state index contributed by atoms with van der Waals surface area (Å²) in [6, 6.07) is 15.9. The number of aromatic nitrogens is 2. The van der Waals surface area contributed by atoms with Crippen LogP contribution in [0.15, 0.2) is 53.1 Å². The second kappa shape index (κ2) is 10.4. The lowest BCUT2D eigenvalue weighted by molar-refractivity contribution is -0.127. The topological polar surface area (TPSA) is 80.5 Å². The number of rotatable bonds is 8. The summed E-state index contributed by atoms with van der Waals surface area (Å²) < 4.78 is 10.9. The van der Waals surface area contributed by atoms with Gasteiger partial charge in [-0.3, -0.25) is 9.69 Å². The lowest BCUT2D eigenvalue weighted by Gasteiger charge is -2.30. The molecule has 0 bridgehead atoms. The molecule has 0 aliphatic carbocycles. The van der Waals surface area contributed by atoms with Crippen molar-refractivity contribution in [1.29, 1.82) is 0 Å². The van der Waals surface area contributed by atoms with E-state index in [1.807, 2.05) is 62.4 Å². The van der Waals surface area contributed by atoms with Gasteiger partial charge >= 0.3 is 0 Å². The third-order valence-corrected chi connectivity index (χ3v) is 5.71. The second-order valence-corrected chi connectivity index (χ2v) is 8.25. The van der Waals surface area contributed by atoms with Crippen LogP contribution in [0.5, 0.6) is 5.75 Å². The van der Waals surface area contributed by atoms with E-state index >= 15 is 0 Å². The second-order valence-electron chi connectivity index (χ2n) is 8.25.